The Balaban J connectivity index is 2.95. The minimum Gasteiger partial charge on any atom is -0.508 e. The number of anilines is 1. The van der Waals surface area contributed by atoms with Crippen molar-refractivity contribution in [3.05, 3.63) is 24.3 Å². The van der Waals surface area contributed by atoms with Crippen molar-refractivity contribution in [3.8, 4) is 5.75 Å². The van der Waals surface area contributed by atoms with Crippen LogP contribution in [0.5, 0.6) is 5.75 Å². The Morgan fingerprint density at radius 3 is 2.50 bits per heavy atom. The molecule has 1 rings (SSSR count). The predicted molar refractivity (Wildman–Crippen MR) is 49.2 cm³/mol. The largest absolute Gasteiger partial charge is 0.508 e. The van der Waals surface area contributed by atoms with Gasteiger partial charge >= 0.3 is 11.9 Å². The fourth-order valence-corrected chi connectivity index (χ4v) is 0.962. The number of amides is 1. The molecule has 0 bridgehead atoms. The van der Waals surface area contributed by atoms with Gasteiger partial charge in [-0.1, -0.05) is 6.07 Å². The zero-order chi connectivity index (χ0) is 10.7. The summed E-state index contributed by atoms with van der Waals surface area (Å²) in [6.45, 7) is 0. The summed E-state index contributed by atoms with van der Waals surface area (Å²) in [7, 11) is 1.32. The number of phenolic OH excluding ortho intramolecular Hbond substituents is 1. The number of aliphatic carboxylic acids is 1. The van der Waals surface area contributed by atoms with Crippen LogP contribution in [0.3, 0.4) is 0 Å². The molecule has 5 heteroatoms. The van der Waals surface area contributed by atoms with Crippen LogP contribution in [0.25, 0.3) is 0 Å². The van der Waals surface area contributed by atoms with Gasteiger partial charge in [-0.05, 0) is 12.1 Å². The van der Waals surface area contributed by atoms with Crippen LogP contribution < -0.4 is 4.90 Å². The molecule has 0 heterocycles. The summed E-state index contributed by atoms with van der Waals surface area (Å²) in [5.74, 6) is -2.60. The van der Waals surface area contributed by atoms with E-state index in [0.29, 0.717) is 5.69 Å². The molecule has 1 aromatic rings. The molecule has 0 radical (unpaired) electrons. The predicted octanol–water partition coefficient (Wildman–Crippen LogP) is 0.440. The first-order valence-electron chi connectivity index (χ1n) is 3.82. The van der Waals surface area contributed by atoms with Crippen LogP contribution in [-0.2, 0) is 9.59 Å². The molecule has 0 unspecified atom stereocenters. The highest BCUT2D eigenvalue weighted by Crippen LogP contribution is 2.18. The standard InChI is InChI=1S/C9H9NO4/c1-10(8(12)9(13)14)6-3-2-4-7(11)5-6/h2-5,11H,1H3,(H,13,14). The molecule has 1 aromatic carbocycles. The van der Waals surface area contributed by atoms with Gasteiger partial charge in [-0.25, -0.2) is 4.79 Å². The zero-order valence-corrected chi connectivity index (χ0v) is 7.47. The van der Waals surface area contributed by atoms with Crippen molar-refractivity contribution in [2.75, 3.05) is 11.9 Å². The summed E-state index contributed by atoms with van der Waals surface area (Å²) in [5, 5.41) is 17.5. The fourth-order valence-electron chi connectivity index (χ4n) is 0.962. The Kier molecular flexibility index (Phi) is 2.71. The molecule has 0 spiro atoms. The van der Waals surface area contributed by atoms with E-state index < -0.39 is 11.9 Å². The smallest absolute Gasteiger partial charge is 0.394 e. The number of nitrogens with zero attached hydrogens (tertiary/aromatic N) is 1. The zero-order valence-electron chi connectivity index (χ0n) is 7.47. The van der Waals surface area contributed by atoms with Crippen LogP contribution in [0, 0.1) is 0 Å². The number of carbonyl (C=O) groups excluding carboxylic acids is 1. The van der Waals surface area contributed by atoms with E-state index in [2.05, 4.69) is 0 Å². The molecule has 0 atom stereocenters. The first-order valence-corrected chi connectivity index (χ1v) is 3.82. The molecule has 0 aliphatic heterocycles. The molecule has 5 nitrogen and oxygen atoms in total. The van der Waals surface area contributed by atoms with Gasteiger partial charge in [0.15, 0.2) is 0 Å². The third-order valence-electron chi connectivity index (χ3n) is 1.70. The molecular formula is C9H9NO4. The van der Waals surface area contributed by atoms with E-state index in [4.69, 9.17) is 10.2 Å². The first kappa shape index (κ1) is 10.0. The summed E-state index contributed by atoms with van der Waals surface area (Å²) in [4.78, 5) is 22.3. The second kappa shape index (κ2) is 3.78. The number of rotatable bonds is 1. The van der Waals surface area contributed by atoms with Gasteiger partial charge in [-0.3, -0.25) is 4.79 Å². The molecule has 0 aromatic heterocycles. The summed E-state index contributed by atoms with van der Waals surface area (Å²) in [6, 6.07) is 5.79. The number of aromatic hydroxyl groups is 1. The van der Waals surface area contributed by atoms with Gasteiger partial charge in [0.2, 0.25) is 0 Å². The van der Waals surface area contributed by atoms with Crippen LogP contribution in [-0.4, -0.2) is 29.1 Å². The lowest BCUT2D eigenvalue weighted by atomic mass is 10.3. The van der Waals surface area contributed by atoms with Crippen molar-refractivity contribution in [3.63, 3.8) is 0 Å². The molecule has 0 aliphatic carbocycles. The number of hydrogen-bond donors (Lipinski definition) is 2. The second-order valence-electron chi connectivity index (χ2n) is 2.69. The van der Waals surface area contributed by atoms with E-state index >= 15 is 0 Å². The first-order chi connectivity index (χ1) is 6.52. The number of hydrogen-bond acceptors (Lipinski definition) is 3. The van der Waals surface area contributed by atoms with Gasteiger partial charge in [0.05, 0.1) is 0 Å². The molecule has 1 amide bonds. The maximum atomic E-state index is 11.0. The molecular weight excluding hydrogens is 186 g/mol. The average molecular weight is 195 g/mol. The maximum Gasteiger partial charge on any atom is 0.394 e. The highest BCUT2D eigenvalue weighted by atomic mass is 16.4. The number of carboxylic acids is 1. The van der Waals surface area contributed by atoms with E-state index in [-0.39, 0.29) is 5.75 Å². The molecule has 14 heavy (non-hydrogen) atoms. The second-order valence-corrected chi connectivity index (χ2v) is 2.69. The SMILES string of the molecule is CN(C(=O)C(=O)O)c1cccc(O)c1. The monoisotopic (exact) mass is 195 g/mol. The quantitative estimate of drug-likeness (QED) is 0.637. The fraction of sp³-hybridized carbons (Fsp3) is 0.111. The van der Waals surface area contributed by atoms with Gasteiger partial charge < -0.3 is 15.1 Å². The topological polar surface area (TPSA) is 77.8 Å². The Hall–Kier alpha value is -2.04. The molecule has 0 aliphatic rings. The lowest BCUT2D eigenvalue weighted by Crippen LogP contribution is -2.32. The molecule has 0 saturated heterocycles. The van der Waals surface area contributed by atoms with Gasteiger partial charge in [0.25, 0.3) is 0 Å². The number of benzene rings is 1. The van der Waals surface area contributed by atoms with E-state index in [1.54, 1.807) is 0 Å². The Labute approximate surface area is 80.2 Å². The van der Waals surface area contributed by atoms with E-state index in [1.165, 1.54) is 31.3 Å². The third-order valence-corrected chi connectivity index (χ3v) is 1.70. The van der Waals surface area contributed by atoms with E-state index in [1.807, 2.05) is 0 Å². The summed E-state index contributed by atoms with van der Waals surface area (Å²) in [6.07, 6.45) is 0. The van der Waals surface area contributed by atoms with Crippen LogP contribution >= 0.6 is 0 Å². The van der Waals surface area contributed by atoms with Crippen molar-refractivity contribution in [2.24, 2.45) is 0 Å². The molecule has 74 valence electrons. The van der Waals surface area contributed by atoms with E-state index in [9.17, 15) is 9.59 Å². The van der Waals surface area contributed by atoms with Crippen molar-refractivity contribution in [1.82, 2.24) is 0 Å². The van der Waals surface area contributed by atoms with Crippen molar-refractivity contribution in [1.29, 1.82) is 0 Å². The Bertz CT molecular complexity index is 375. The summed E-state index contributed by atoms with van der Waals surface area (Å²) in [5.41, 5.74) is 0.331. The van der Waals surface area contributed by atoms with Crippen LogP contribution in [0.2, 0.25) is 0 Å². The van der Waals surface area contributed by atoms with Gasteiger partial charge in [0.1, 0.15) is 5.75 Å². The number of carboxylic acid groups (broad SMARTS) is 1. The molecule has 0 fully saturated rings. The highest BCUT2D eigenvalue weighted by molar-refractivity contribution is 6.37. The van der Waals surface area contributed by atoms with Crippen molar-refractivity contribution < 1.29 is 19.8 Å². The Morgan fingerprint density at radius 2 is 2.00 bits per heavy atom. The number of likely N-dealkylation sites (N-methyl/N-ethyl adjacent to an activating group) is 1. The van der Waals surface area contributed by atoms with Crippen LogP contribution in [0.15, 0.2) is 24.3 Å². The number of carbonyl (C=O) groups is 2. The highest BCUT2D eigenvalue weighted by Gasteiger charge is 2.18. The van der Waals surface area contributed by atoms with Crippen LogP contribution in [0.4, 0.5) is 5.69 Å². The molecule has 2 N–H and O–H groups in total. The molecule has 0 saturated carbocycles. The van der Waals surface area contributed by atoms with Crippen molar-refractivity contribution >= 4 is 17.6 Å². The maximum absolute atomic E-state index is 11.0. The van der Waals surface area contributed by atoms with Gasteiger partial charge in [0, 0.05) is 18.8 Å². The summed E-state index contributed by atoms with van der Waals surface area (Å²) >= 11 is 0. The average Bonchev–Trinajstić information content (AvgIpc) is 2.15. The third kappa shape index (κ3) is 2.01. The Morgan fingerprint density at radius 1 is 1.36 bits per heavy atom. The summed E-state index contributed by atoms with van der Waals surface area (Å²) < 4.78 is 0. The van der Waals surface area contributed by atoms with Crippen LogP contribution in [0.1, 0.15) is 0 Å². The van der Waals surface area contributed by atoms with Crippen molar-refractivity contribution in [2.45, 2.75) is 0 Å². The minimum absolute atomic E-state index is 0.0208. The van der Waals surface area contributed by atoms with Gasteiger partial charge in [-0.2, -0.15) is 0 Å². The lowest BCUT2D eigenvalue weighted by Gasteiger charge is -2.14. The minimum atomic E-state index is -1.53. The van der Waals surface area contributed by atoms with Gasteiger partial charge in [-0.15, -0.1) is 0 Å². The lowest BCUT2D eigenvalue weighted by molar-refractivity contribution is -0.148. The van der Waals surface area contributed by atoms with E-state index in [0.717, 1.165) is 4.90 Å². The number of phenols is 1. The normalized spacial score (nSPS) is 9.50.